The van der Waals surface area contributed by atoms with Crippen molar-refractivity contribution >= 4 is 11.8 Å². The van der Waals surface area contributed by atoms with Crippen LogP contribution in [-0.4, -0.2) is 17.9 Å². The summed E-state index contributed by atoms with van der Waals surface area (Å²) >= 11 is 0. The number of rotatable bonds is 4. The monoisotopic (exact) mass is 206 g/mol. The molecular formula is C11H14N2O2. The summed E-state index contributed by atoms with van der Waals surface area (Å²) in [5.74, 6) is -0.510. The first-order chi connectivity index (χ1) is 7.13. The second kappa shape index (κ2) is 5.14. The molecule has 0 bridgehead atoms. The molecule has 0 aliphatic carbocycles. The quantitative estimate of drug-likeness (QED) is 0.524. The van der Waals surface area contributed by atoms with Gasteiger partial charge in [-0.3, -0.25) is 14.9 Å². The fourth-order valence-corrected chi connectivity index (χ4v) is 1.29. The molecule has 2 amide bonds. The van der Waals surface area contributed by atoms with Crippen molar-refractivity contribution in [3.8, 4) is 0 Å². The number of carbonyl (C=O) groups is 2. The maximum absolute atomic E-state index is 11.3. The van der Waals surface area contributed by atoms with Gasteiger partial charge in [0, 0.05) is 12.1 Å². The molecule has 4 heteroatoms. The number of imide groups is 1. The molecule has 0 aromatic carbocycles. The summed E-state index contributed by atoms with van der Waals surface area (Å²) in [4.78, 5) is 22.2. The number of allylic oxidation sites excluding steroid dienone is 3. The second-order valence-corrected chi connectivity index (χ2v) is 3.27. The molecule has 1 aliphatic heterocycles. The predicted octanol–water partition coefficient (Wildman–Crippen LogP) is 0.637. The summed E-state index contributed by atoms with van der Waals surface area (Å²) in [6.07, 6.45) is 5.93. The third-order valence-corrected chi connectivity index (χ3v) is 2.03. The molecule has 2 N–H and O–H groups in total. The predicted molar refractivity (Wildman–Crippen MR) is 57.8 cm³/mol. The molecule has 1 rings (SSSR count). The maximum atomic E-state index is 11.3. The summed E-state index contributed by atoms with van der Waals surface area (Å²) in [7, 11) is 0. The van der Waals surface area contributed by atoms with E-state index in [2.05, 4.69) is 23.8 Å². The van der Waals surface area contributed by atoms with Crippen LogP contribution in [0, 0.1) is 0 Å². The van der Waals surface area contributed by atoms with E-state index >= 15 is 0 Å². The second-order valence-electron chi connectivity index (χ2n) is 3.27. The minimum Gasteiger partial charge on any atom is -0.374 e. The highest BCUT2D eigenvalue weighted by Gasteiger charge is 2.25. The molecule has 4 nitrogen and oxygen atoms in total. The summed E-state index contributed by atoms with van der Waals surface area (Å²) in [6, 6.07) is -0.371. The van der Waals surface area contributed by atoms with Gasteiger partial charge in [-0.15, -0.1) is 0 Å². The van der Waals surface area contributed by atoms with Crippen LogP contribution in [0.5, 0.6) is 0 Å². The van der Waals surface area contributed by atoms with Gasteiger partial charge < -0.3 is 5.32 Å². The maximum Gasteiger partial charge on any atom is 0.249 e. The Hall–Kier alpha value is -1.84. The van der Waals surface area contributed by atoms with Crippen LogP contribution in [0.2, 0.25) is 0 Å². The van der Waals surface area contributed by atoms with Gasteiger partial charge >= 0.3 is 0 Å². The zero-order chi connectivity index (χ0) is 11.3. The first-order valence-electron chi connectivity index (χ1n) is 4.71. The van der Waals surface area contributed by atoms with Crippen LogP contribution >= 0.6 is 0 Å². The highest BCUT2D eigenvalue weighted by Crippen LogP contribution is 2.06. The smallest absolute Gasteiger partial charge is 0.249 e. The van der Waals surface area contributed by atoms with Crippen LogP contribution < -0.4 is 10.6 Å². The zero-order valence-corrected chi connectivity index (χ0v) is 8.45. The van der Waals surface area contributed by atoms with Crippen molar-refractivity contribution in [2.75, 3.05) is 0 Å². The molecule has 0 aromatic rings. The third kappa shape index (κ3) is 3.42. The molecule has 0 saturated carbocycles. The van der Waals surface area contributed by atoms with E-state index in [9.17, 15) is 9.59 Å². The van der Waals surface area contributed by atoms with Crippen LogP contribution in [0.15, 0.2) is 37.1 Å². The number of hydrogen-bond acceptors (Lipinski definition) is 3. The lowest BCUT2D eigenvalue weighted by Crippen LogP contribution is -2.50. The van der Waals surface area contributed by atoms with Crippen molar-refractivity contribution in [2.24, 2.45) is 0 Å². The number of piperidine rings is 1. The highest BCUT2D eigenvalue weighted by atomic mass is 16.2. The highest BCUT2D eigenvalue weighted by molar-refractivity contribution is 6.00. The Balaban J connectivity index is 2.48. The Morgan fingerprint density at radius 2 is 2.27 bits per heavy atom. The summed E-state index contributed by atoms with van der Waals surface area (Å²) in [6.45, 7) is 7.25. The molecule has 0 spiro atoms. The fraction of sp³-hybridized carbons (Fsp3) is 0.273. The third-order valence-electron chi connectivity index (χ3n) is 2.03. The van der Waals surface area contributed by atoms with Crippen molar-refractivity contribution in [1.82, 2.24) is 10.6 Å². The first kappa shape index (κ1) is 11.2. The van der Waals surface area contributed by atoms with E-state index in [0.29, 0.717) is 18.5 Å². The van der Waals surface area contributed by atoms with E-state index in [1.54, 1.807) is 18.2 Å². The number of carbonyl (C=O) groups excluding carboxylic acids is 2. The SMILES string of the molecule is C=C/C=C\C(=C)N[C@H]1CCC(=O)NC1=O. The van der Waals surface area contributed by atoms with Crippen molar-refractivity contribution in [2.45, 2.75) is 18.9 Å². The standard InChI is InChI=1S/C11H14N2O2/c1-3-4-5-8(2)12-9-6-7-10(14)13-11(9)15/h3-5,9,12H,1-2,6-7H2,(H,13,14,15)/b5-4-/t9-/m0/s1. The molecule has 15 heavy (non-hydrogen) atoms. The minimum atomic E-state index is -0.371. The topological polar surface area (TPSA) is 58.2 Å². The molecule has 1 aliphatic rings. The van der Waals surface area contributed by atoms with Crippen LogP contribution in [-0.2, 0) is 9.59 Å². The van der Waals surface area contributed by atoms with Crippen molar-refractivity contribution in [3.05, 3.63) is 37.1 Å². The molecule has 1 fully saturated rings. The Morgan fingerprint density at radius 1 is 1.53 bits per heavy atom. The van der Waals surface area contributed by atoms with E-state index in [1.165, 1.54) is 0 Å². The van der Waals surface area contributed by atoms with E-state index < -0.39 is 0 Å². The lowest BCUT2D eigenvalue weighted by Gasteiger charge is -2.22. The van der Waals surface area contributed by atoms with Gasteiger partial charge in [0.1, 0.15) is 6.04 Å². The Labute approximate surface area is 88.7 Å². The average molecular weight is 206 g/mol. The van der Waals surface area contributed by atoms with Gasteiger partial charge in [-0.25, -0.2) is 0 Å². The molecule has 1 saturated heterocycles. The van der Waals surface area contributed by atoms with E-state index in [1.807, 2.05) is 0 Å². The van der Waals surface area contributed by atoms with E-state index in [0.717, 1.165) is 0 Å². The molecule has 1 heterocycles. The average Bonchev–Trinajstić information content (AvgIpc) is 2.19. The van der Waals surface area contributed by atoms with Crippen LogP contribution in [0.25, 0.3) is 0 Å². The zero-order valence-electron chi connectivity index (χ0n) is 8.45. The van der Waals surface area contributed by atoms with Gasteiger partial charge in [0.25, 0.3) is 0 Å². The number of nitrogens with one attached hydrogen (secondary N) is 2. The largest absolute Gasteiger partial charge is 0.374 e. The molecule has 0 unspecified atom stereocenters. The molecule has 80 valence electrons. The summed E-state index contributed by atoms with van der Waals surface area (Å²) in [5, 5.41) is 5.20. The van der Waals surface area contributed by atoms with E-state index in [4.69, 9.17) is 0 Å². The van der Waals surface area contributed by atoms with Crippen LogP contribution in [0.1, 0.15) is 12.8 Å². The van der Waals surface area contributed by atoms with E-state index in [-0.39, 0.29) is 17.9 Å². The Bertz CT molecular complexity index is 331. The lowest BCUT2D eigenvalue weighted by atomic mass is 10.1. The van der Waals surface area contributed by atoms with Gasteiger partial charge in [0.2, 0.25) is 11.8 Å². The molecule has 1 atom stereocenters. The van der Waals surface area contributed by atoms with Gasteiger partial charge in [-0.05, 0) is 12.5 Å². The van der Waals surface area contributed by atoms with Crippen molar-refractivity contribution < 1.29 is 9.59 Å². The van der Waals surface area contributed by atoms with Gasteiger partial charge in [0.05, 0.1) is 0 Å². The number of hydrogen-bond donors (Lipinski definition) is 2. The molecule has 0 aromatic heterocycles. The fourth-order valence-electron chi connectivity index (χ4n) is 1.29. The Morgan fingerprint density at radius 3 is 2.87 bits per heavy atom. The lowest BCUT2D eigenvalue weighted by molar-refractivity contribution is -0.134. The molecular weight excluding hydrogens is 192 g/mol. The first-order valence-corrected chi connectivity index (χ1v) is 4.71. The van der Waals surface area contributed by atoms with Gasteiger partial charge in [-0.1, -0.05) is 25.3 Å². The van der Waals surface area contributed by atoms with Gasteiger partial charge in [0.15, 0.2) is 0 Å². The summed E-state index contributed by atoms with van der Waals surface area (Å²) < 4.78 is 0. The van der Waals surface area contributed by atoms with Crippen LogP contribution in [0.3, 0.4) is 0 Å². The minimum absolute atomic E-state index is 0.217. The van der Waals surface area contributed by atoms with Crippen molar-refractivity contribution in [3.63, 3.8) is 0 Å². The van der Waals surface area contributed by atoms with Gasteiger partial charge in [-0.2, -0.15) is 0 Å². The summed E-state index contributed by atoms with van der Waals surface area (Å²) in [5.41, 5.74) is 0.629. The number of amides is 2. The normalized spacial score (nSPS) is 21.2. The van der Waals surface area contributed by atoms with Crippen molar-refractivity contribution in [1.29, 1.82) is 0 Å². The van der Waals surface area contributed by atoms with Crippen LogP contribution in [0.4, 0.5) is 0 Å². The molecule has 0 radical (unpaired) electrons. The Kier molecular flexibility index (Phi) is 3.85.